The second-order valence-corrected chi connectivity index (χ2v) is 4.33. The van der Waals surface area contributed by atoms with E-state index in [0.29, 0.717) is 23.1 Å². The lowest BCUT2D eigenvalue weighted by molar-refractivity contribution is 0.0699. The van der Waals surface area contributed by atoms with Gasteiger partial charge >= 0.3 is 5.97 Å². The Morgan fingerprint density at radius 1 is 1.53 bits per heavy atom. The third-order valence-electron chi connectivity index (χ3n) is 2.76. The fraction of sp³-hybridized carbons (Fsp3) is 0.200. The van der Waals surface area contributed by atoms with Gasteiger partial charge < -0.3 is 10.4 Å². The zero-order valence-electron chi connectivity index (χ0n) is 10.6. The fourth-order valence-corrected chi connectivity index (χ4v) is 1.91. The fourth-order valence-electron chi connectivity index (χ4n) is 1.91. The van der Waals surface area contributed by atoms with E-state index in [1.54, 1.807) is 18.2 Å². The van der Waals surface area contributed by atoms with Crippen LogP contribution in [0.15, 0.2) is 30.3 Å². The zero-order chi connectivity index (χ0) is 13.8. The zero-order valence-corrected chi connectivity index (χ0v) is 10.6. The van der Waals surface area contributed by atoms with E-state index in [9.17, 15) is 9.90 Å². The summed E-state index contributed by atoms with van der Waals surface area (Å²) in [7, 11) is 0. The van der Waals surface area contributed by atoms with Crippen LogP contribution in [0.4, 0.5) is 5.82 Å². The lowest BCUT2D eigenvalue weighted by Gasteiger charge is -2.13. The Morgan fingerprint density at radius 3 is 2.95 bits per heavy atom. The van der Waals surface area contributed by atoms with Crippen molar-refractivity contribution in [3.05, 3.63) is 35.9 Å². The molecule has 4 nitrogen and oxygen atoms in total. The first-order valence-corrected chi connectivity index (χ1v) is 5.95. The lowest BCUT2D eigenvalue weighted by Crippen LogP contribution is -2.15. The summed E-state index contributed by atoms with van der Waals surface area (Å²) in [6.45, 7) is 1.93. The molecule has 1 atom stereocenters. The van der Waals surface area contributed by atoms with E-state index < -0.39 is 5.97 Å². The Hall–Kier alpha value is -2.54. The van der Waals surface area contributed by atoms with Gasteiger partial charge in [-0.15, -0.1) is 12.3 Å². The van der Waals surface area contributed by atoms with Crippen molar-refractivity contribution < 1.29 is 9.90 Å². The van der Waals surface area contributed by atoms with E-state index in [1.165, 1.54) is 6.07 Å². The van der Waals surface area contributed by atoms with E-state index in [4.69, 9.17) is 6.42 Å². The molecule has 1 unspecified atom stereocenters. The molecule has 0 aliphatic rings. The minimum atomic E-state index is -0.966. The Balaban J connectivity index is 2.47. The summed E-state index contributed by atoms with van der Waals surface area (Å²) in [4.78, 5) is 15.7. The summed E-state index contributed by atoms with van der Waals surface area (Å²) in [5.74, 6) is 2.12. The van der Waals surface area contributed by atoms with Crippen molar-refractivity contribution in [2.45, 2.75) is 19.4 Å². The van der Waals surface area contributed by atoms with Crippen LogP contribution in [0.2, 0.25) is 0 Å². The number of anilines is 1. The summed E-state index contributed by atoms with van der Waals surface area (Å²) in [6, 6.07) is 8.75. The number of benzene rings is 1. The third-order valence-corrected chi connectivity index (χ3v) is 2.76. The average Bonchev–Trinajstić information content (AvgIpc) is 2.37. The molecule has 0 radical (unpaired) electrons. The molecule has 0 saturated heterocycles. The van der Waals surface area contributed by atoms with Crippen molar-refractivity contribution in [1.29, 1.82) is 0 Å². The highest BCUT2D eigenvalue weighted by molar-refractivity contribution is 6.03. The van der Waals surface area contributed by atoms with Crippen LogP contribution in [-0.2, 0) is 0 Å². The van der Waals surface area contributed by atoms with Gasteiger partial charge in [-0.3, -0.25) is 0 Å². The molecule has 2 rings (SSSR count). The second-order valence-electron chi connectivity index (χ2n) is 4.33. The van der Waals surface area contributed by atoms with E-state index in [0.717, 1.165) is 0 Å². The van der Waals surface area contributed by atoms with E-state index >= 15 is 0 Å². The van der Waals surface area contributed by atoms with Crippen LogP contribution in [0.25, 0.3) is 10.9 Å². The first-order valence-electron chi connectivity index (χ1n) is 5.95. The number of rotatable bonds is 4. The molecule has 2 aromatic rings. The Bertz CT molecular complexity index is 659. The summed E-state index contributed by atoms with van der Waals surface area (Å²) < 4.78 is 0. The molecular weight excluding hydrogens is 240 g/mol. The maximum atomic E-state index is 11.3. The number of pyridine rings is 1. The average molecular weight is 254 g/mol. The first-order chi connectivity index (χ1) is 9.11. The number of carbonyl (C=O) groups is 1. The van der Waals surface area contributed by atoms with Crippen LogP contribution in [0.5, 0.6) is 0 Å². The summed E-state index contributed by atoms with van der Waals surface area (Å²) >= 11 is 0. The number of nitrogens with zero attached hydrogens (tertiary/aromatic N) is 1. The number of fused-ring (bicyclic) bond motifs is 1. The quantitative estimate of drug-likeness (QED) is 0.823. The number of aromatic carboxylic acids is 1. The summed E-state index contributed by atoms with van der Waals surface area (Å²) in [5.41, 5.74) is 0.888. The number of carboxylic acid groups (broad SMARTS) is 1. The van der Waals surface area contributed by atoms with Gasteiger partial charge in [0, 0.05) is 17.8 Å². The second kappa shape index (κ2) is 5.40. The minimum Gasteiger partial charge on any atom is -0.478 e. The molecule has 0 aliphatic heterocycles. The molecule has 0 fully saturated rings. The molecular formula is C15H14N2O2. The number of hydrogen-bond donors (Lipinski definition) is 2. The van der Waals surface area contributed by atoms with Crippen LogP contribution < -0.4 is 5.32 Å². The number of hydrogen-bond acceptors (Lipinski definition) is 3. The van der Waals surface area contributed by atoms with Crippen LogP contribution in [-0.4, -0.2) is 22.1 Å². The molecule has 0 amide bonds. The Morgan fingerprint density at radius 2 is 2.26 bits per heavy atom. The SMILES string of the molecule is C#CCC(C)Nc1cc(C(=O)O)c2ccccc2n1. The van der Waals surface area contributed by atoms with Gasteiger partial charge in [0.1, 0.15) is 5.82 Å². The number of para-hydroxylation sites is 1. The summed E-state index contributed by atoms with van der Waals surface area (Å²) in [6.07, 6.45) is 5.80. The molecule has 0 saturated carbocycles. The summed E-state index contributed by atoms with van der Waals surface area (Å²) in [5, 5.41) is 13.0. The van der Waals surface area contributed by atoms with Crippen LogP contribution in [0.1, 0.15) is 23.7 Å². The molecule has 1 aromatic carbocycles. The smallest absolute Gasteiger partial charge is 0.336 e. The maximum absolute atomic E-state index is 11.3. The van der Waals surface area contributed by atoms with Gasteiger partial charge in [-0.25, -0.2) is 9.78 Å². The van der Waals surface area contributed by atoms with Gasteiger partial charge in [-0.05, 0) is 19.1 Å². The van der Waals surface area contributed by atoms with Crippen LogP contribution in [0, 0.1) is 12.3 Å². The van der Waals surface area contributed by atoms with Crippen molar-refractivity contribution in [2.24, 2.45) is 0 Å². The molecule has 96 valence electrons. The van der Waals surface area contributed by atoms with Crippen molar-refractivity contribution in [3.63, 3.8) is 0 Å². The van der Waals surface area contributed by atoms with Crippen molar-refractivity contribution in [2.75, 3.05) is 5.32 Å². The normalized spacial score (nSPS) is 11.8. The Labute approximate surface area is 111 Å². The van der Waals surface area contributed by atoms with Gasteiger partial charge in [0.05, 0.1) is 11.1 Å². The van der Waals surface area contributed by atoms with Gasteiger partial charge in [-0.2, -0.15) is 0 Å². The van der Waals surface area contributed by atoms with Gasteiger partial charge in [0.2, 0.25) is 0 Å². The standard InChI is InChI=1S/C15H14N2O2/c1-3-6-10(2)16-14-9-12(15(18)19)11-7-4-5-8-13(11)17-14/h1,4-5,7-10H,6H2,2H3,(H,16,17)(H,18,19). The van der Waals surface area contributed by atoms with E-state index in [1.807, 2.05) is 13.0 Å². The monoisotopic (exact) mass is 254 g/mol. The third kappa shape index (κ3) is 2.83. The predicted octanol–water partition coefficient (Wildman–Crippen LogP) is 2.76. The van der Waals surface area contributed by atoms with E-state index in [2.05, 4.69) is 16.2 Å². The highest BCUT2D eigenvalue weighted by atomic mass is 16.4. The number of terminal acetylenes is 1. The number of nitrogens with one attached hydrogen (secondary N) is 1. The largest absolute Gasteiger partial charge is 0.478 e. The Kier molecular flexibility index (Phi) is 3.67. The number of carboxylic acids is 1. The lowest BCUT2D eigenvalue weighted by atomic mass is 10.1. The van der Waals surface area contributed by atoms with Crippen molar-refractivity contribution >= 4 is 22.7 Å². The van der Waals surface area contributed by atoms with Gasteiger partial charge in [0.15, 0.2) is 0 Å². The van der Waals surface area contributed by atoms with Crippen molar-refractivity contribution in [1.82, 2.24) is 4.98 Å². The molecule has 19 heavy (non-hydrogen) atoms. The van der Waals surface area contributed by atoms with E-state index in [-0.39, 0.29) is 11.6 Å². The predicted molar refractivity (Wildman–Crippen MR) is 75.2 cm³/mol. The van der Waals surface area contributed by atoms with Gasteiger partial charge in [0.25, 0.3) is 0 Å². The molecule has 0 spiro atoms. The molecule has 2 N–H and O–H groups in total. The molecule has 0 bridgehead atoms. The maximum Gasteiger partial charge on any atom is 0.336 e. The van der Waals surface area contributed by atoms with Gasteiger partial charge in [-0.1, -0.05) is 18.2 Å². The highest BCUT2D eigenvalue weighted by Gasteiger charge is 2.12. The first kappa shape index (κ1) is 12.9. The van der Waals surface area contributed by atoms with Crippen molar-refractivity contribution in [3.8, 4) is 12.3 Å². The highest BCUT2D eigenvalue weighted by Crippen LogP contribution is 2.21. The van der Waals surface area contributed by atoms with Crippen LogP contribution >= 0.6 is 0 Å². The molecule has 4 heteroatoms. The minimum absolute atomic E-state index is 0.0420. The topological polar surface area (TPSA) is 62.2 Å². The molecule has 0 aliphatic carbocycles. The van der Waals surface area contributed by atoms with Crippen LogP contribution in [0.3, 0.4) is 0 Å². The number of aromatic nitrogens is 1. The molecule has 1 heterocycles. The molecule has 1 aromatic heterocycles.